The van der Waals surface area contributed by atoms with Crippen molar-refractivity contribution in [3.63, 3.8) is 0 Å². The van der Waals surface area contributed by atoms with Crippen LogP contribution >= 0.6 is 0 Å². The van der Waals surface area contributed by atoms with Crippen molar-refractivity contribution in [2.24, 2.45) is 0 Å². The molecule has 0 aliphatic heterocycles. The monoisotopic (exact) mass is 385 g/mol. The molecule has 0 aliphatic carbocycles. The molecule has 6 heteroatoms. The summed E-state index contributed by atoms with van der Waals surface area (Å²) in [6.07, 6.45) is 2.58. The van der Waals surface area contributed by atoms with Crippen molar-refractivity contribution in [3.8, 4) is 11.5 Å². The van der Waals surface area contributed by atoms with Gasteiger partial charge in [0, 0.05) is 24.6 Å². The Morgan fingerprint density at radius 3 is 2.36 bits per heavy atom. The summed E-state index contributed by atoms with van der Waals surface area (Å²) >= 11 is 0. The van der Waals surface area contributed by atoms with Crippen LogP contribution in [0.15, 0.2) is 48.5 Å². The number of esters is 1. The van der Waals surface area contributed by atoms with Gasteiger partial charge in [0.15, 0.2) is 11.5 Å². The molecule has 1 amide bonds. The second kappa shape index (κ2) is 11.6. The van der Waals surface area contributed by atoms with Crippen LogP contribution in [0.25, 0.3) is 0 Å². The van der Waals surface area contributed by atoms with E-state index in [1.54, 1.807) is 25.3 Å². The Hall–Kier alpha value is -3.02. The minimum atomic E-state index is -0.271. The molecule has 6 nitrogen and oxygen atoms in total. The summed E-state index contributed by atoms with van der Waals surface area (Å²) in [5, 5.41) is 2.79. The summed E-state index contributed by atoms with van der Waals surface area (Å²) in [7, 11) is 3.09. The van der Waals surface area contributed by atoms with Crippen molar-refractivity contribution >= 4 is 17.6 Å². The number of ether oxygens (including phenoxy) is 3. The lowest BCUT2D eigenvalue weighted by Gasteiger charge is -2.10. The fourth-order valence-electron chi connectivity index (χ4n) is 2.71. The van der Waals surface area contributed by atoms with Gasteiger partial charge in [-0.3, -0.25) is 9.59 Å². The first-order chi connectivity index (χ1) is 13.6. The number of hydrogen-bond acceptors (Lipinski definition) is 5. The van der Waals surface area contributed by atoms with Crippen LogP contribution in [-0.2, 0) is 20.7 Å². The molecule has 2 aromatic rings. The molecule has 0 saturated carbocycles. The molecule has 1 N–H and O–H groups in total. The van der Waals surface area contributed by atoms with Crippen molar-refractivity contribution < 1.29 is 23.8 Å². The zero-order valence-electron chi connectivity index (χ0n) is 16.4. The molecule has 0 radical (unpaired) electrons. The molecule has 0 aliphatic rings. The van der Waals surface area contributed by atoms with Gasteiger partial charge in [0.05, 0.1) is 20.8 Å². The van der Waals surface area contributed by atoms with Gasteiger partial charge < -0.3 is 19.5 Å². The third-order valence-electron chi connectivity index (χ3n) is 4.17. The first kappa shape index (κ1) is 21.3. The summed E-state index contributed by atoms with van der Waals surface area (Å²) in [5.74, 6) is 0.700. The number of carbonyl (C=O) groups is 2. The Morgan fingerprint density at radius 1 is 0.893 bits per heavy atom. The number of anilines is 1. The molecule has 0 fully saturated rings. The highest BCUT2D eigenvalue weighted by Crippen LogP contribution is 2.29. The summed E-state index contributed by atoms with van der Waals surface area (Å²) in [4.78, 5) is 23.8. The van der Waals surface area contributed by atoms with E-state index in [1.807, 2.05) is 18.2 Å². The highest BCUT2D eigenvalue weighted by atomic mass is 16.5. The molecule has 150 valence electrons. The molecule has 0 atom stereocenters. The van der Waals surface area contributed by atoms with Crippen LogP contribution in [0.2, 0.25) is 0 Å². The molecule has 2 rings (SSSR count). The number of amides is 1. The average molecular weight is 385 g/mol. The van der Waals surface area contributed by atoms with E-state index < -0.39 is 0 Å². The van der Waals surface area contributed by atoms with Gasteiger partial charge in [0.25, 0.3) is 0 Å². The van der Waals surface area contributed by atoms with E-state index in [-0.39, 0.29) is 24.7 Å². The molecule has 2 aromatic carbocycles. The highest BCUT2D eigenvalue weighted by Gasteiger charge is 2.09. The molecule has 0 aromatic heterocycles. The van der Waals surface area contributed by atoms with Crippen molar-refractivity contribution in [2.75, 3.05) is 26.1 Å². The molecule has 28 heavy (non-hydrogen) atoms. The van der Waals surface area contributed by atoms with Gasteiger partial charge in [-0.2, -0.15) is 0 Å². The third kappa shape index (κ3) is 7.31. The number of nitrogens with one attached hydrogen (secondary N) is 1. The second-order valence-electron chi connectivity index (χ2n) is 6.28. The fraction of sp³-hybridized carbons (Fsp3) is 0.364. The Bertz CT molecular complexity index is 761. The van der Waals surface area contributed by atoms with E-state index in [2.05, 4.69) is 17.4 Å². The lowest BCUT2D eigenvalue weighted by molar-refractivity contribution is -0.143. The topological polar surface area (TPSA) is 73.9 Å². The van der Waals surface area contributed by atoms with E-state index in [1.165, 1.54) is 12.7 Å². The van der Waals surface area contributed by atoms with Crippen LogP contribution in [0.3, 0.4) is 0 Å². The number of benzene rings is 2. The molecule has 0 heterocycles. The Morgan fingerprint density at radius 2 is 1.64 bits per heavy atom. The average Bonchev–Trinajstić information content (AvgIpc) is 2.72. The first-order valence-corrected chi connectivity index (χ1v) is 9.34. The molecule has 0 spiro atoms. The standard InChI is InChI=1S/C22H27NO5/c1-26-19-14-13-18(16-20(19)27-2)23-21(24)11-6-12-22(25)28-15-7-10-17-8-4-3-5-9-17/h3-5,8-9,13-14,16H,6-7,10-12,15H2,1-2H3,(H,23,24). The van der Waals surface area contributed by atoms with Crippen LogP contribution < -0.4 is 14.8 Å². The van der Waals surface area contributed by atoms with E-state index in [4.69, 9.17) is 14.2 Å². The van der Waals surface area contributed by atoms with Gasteiger partial charge in [-0.25, -0.2) is 0 Å². The van der Waals surface area contributed by atoms with Crippen molar-refractivity contribution in [2.45, 2.75) is 32.1 Å². The van der Waals surface area contributed by atoms with Gasteiger partial charge in [0.1, 0.15) is 0 Å². The van der Waals surface area contributed by atoms with Crippen LogP contribution in [0.5, 0.6) is 11.5 Å². The molecule has 0 unspecified atom stereocenters. The predicted octanol–water partition coefficient (Wildman–Crippen LogP) is 3.99. The lowest BCUT2D eigenvalue weighted by atomic mass is 10.1. The number of hydrogen-bond donors (Lipinski definition) is 1. The first-order valence-electron chi connectivity index (χ1n) is 9.34. The number of aryl methyl sites for hydroxylation is 1. The van der Waals surface area contributed by atoms with Crippen LogP contribution in [0.4, 0.5) is 5.69 Å². The van der Waals surface area contributed by atoms with Gasteiger partial charge >= 0.3 is 5.97 Å². The number of carbonyl (C=O) groups excluding carboxylic acids is 2. The minimum absolute atomic E-state index is 0.163. The van der Waals surface area contributed by atoms with Gasteiger partial charge in [-0.15, -0.1) is 0 Å². The number of methoxy groups -OCH3 is 2. The second-order valence-corrected chi connectivity index (χ2v) is 6.28. The van der Waals surface area contributed by atoms with E-state index >= 15 is 0 Å². The molecular formula is C22H27NO5. The predicted molar refractivity (Wildman–Crippen MR) is 108 cm³/mol. The van der Waals surface area contributed by atoms with Crippen LogP contribution in [0.1, 0.15) is 31.2 Å². The quantitative estimate of drug-likeness (QED) is 0.468. The smallest absolute Gasteiger partial charge is 0.305 e. The van der Waals surface area contributed by atoms with E-state index in [0.29, 0.717) is 30.2 Å². The van der Waals surface area contributed by atoms with Crippen LogP contribution in [0, 0.1) is 0 Å². The Balaban J connectivity index is 1.61. The summed E-state index contributed by atoms with van der Waals surface area (Å²) in [6, 6.07) is 15.2. The maximum absolute atomic E-state index is 12.0. The molecule has 0 saturated heterocycles. The summed E-state index contributed by atoms with van der Waals surface area (Å²) < 4.78 is 15.6. The van der Waals surface area contributed by atoms with E-state index in [9.17, 15) is 9.59 Å². The normalized spacial score (nSPS) is 10.2. The maximum atomic E-state index is 12.0. The van der Waals surface area contributed by atoms with E-state index in [0.717, 1.165) is 12.8 Å². The lowest BCUT2D eigenvalue weighted by Crippen LogP contribution is -2.13. The molecule has 0 bridgehead atoms. The highest BCUT2D eigenvalue weighted by molar-refractivity contribution is 5.91. The largest absolute Gasteiger partial charge is 0.493 e. The number of rotatable bonds is 11. The zero-order chi connectivity index (χ0) is 20.2. The third-order valence-corrected chi connectivity index (χ3v) is 4.17. The Labute approximate surface area is 165 Å². The summed E-state index contributed by atoms with van der Waals surface area (Å²) in [5.41, 5.74) is 1.84. The van der Waals surface area contributed by atoms with Crippen LogP contribution in [-0.4, -0.2) is 32.7 Å². The van der Waals surface area contributed by atoms with Gasteiger partial charge in [-0.1, -0.05) is 30.3 Å². The Kier molecular flexibility index (Phi) is 8.85. The van der Waals surface area contributed by atoms with Crippen molar-refractivity contribution in [3.05, 3.63) is 54.1 Å². The fourth-order valence-corrected chi connectivity index (χ4v) is 2.71. The van der Waals surface area contributed by atoms with Gasteiger partial charge in [-0.05, 0) is 37.0 Å². The maximum Gasteiger partial charge on any atom is 0.305 e. The molecular weight excluding hydrogens is 358 g/mol. The summed E-state index contributed by atoms with van der Waals surface area (Å²) in [6.45, 7) is 0.394. The van der Waals surface area contributed by atoms with Gasteiger partial charge in [0.2, 0.25) is 5.91 Å². The van der Waals surface area contributed by atoms with Crippen molar-refractivity contribution in [1.82, 2.24) is 0 Å². The SMILES string of the molecule is COc1ccc(NC(=O)CCCC(=O)OCCCc2ccccc2)cc1OC. The minimum Gasteiger partial charge on any atom is -0.493 e. The zero-order valence-corrected chi connectivity index (χ0v) is 16.4. The van der Waals surface area contributed by atoms with Crippen molar-refractivity contribution in [1.29, 1.82) is 0 Å².